The fraction of sp³-hybridized carbons (Fsp3) is 0. The minimum absolute atomic E-state index is 0.217. The smallest absolute Gasteiger partial charge is 0.311 e. The topological polar surface area (TPSA) is 105 Å². The first kappa shape index (κ1) is 20.3. The van der Waals surface area contributed by atoms with E-state index >= 15 is 0 Å². The molecule has 2 N–H and O–H groups in total. The van der Waals surface area contributed by atoms with Gasteiger partial charge in [0.2, 0.25) is 5.75 Å². The SMILES string of the molecule is O=C(Nc1ccc(N=Cc2cccc([N+](=O)[O-])c2O)cc1)c1ccc(Cl)cc1Cl. The molecule has 0 bridgehead atoms. The average molecular weight is 430 g/mol. The van der Waals surface area contributed by atoms with E-state index in [2.05, 4.69) is 10.3 Å². The molecule has 3 aromatic rings. The van der Waals surface area contributed by atoms with Gasteiger partial charge in [0, 0.05) is 28.6 Å². The van der Waals surface area contributed by atoms with Crippen LogP contribution in [0.3, 0.4) is 0 Å². The molecule has 0 atom stereocenters. The summed E-state index contributed by atoms with van der Waals surface area (Å²) in [5, 5.41) is 24.2. The quantitative estimate of drug-likeness (QED) is 0.312. The molecule has 0 unspecified atom stereocenters. The minimum Gasteiger partial charge on any atom is -0.502 e. The molecule has 3 rings (SSSR count). The zero-order valence-electron chi connectivity index (χ0n) is 14.7. The lowest BCUT2D eigenvalue weighted by atomic mass is 10.2. The number of nitro groups is 1. The second-order valence-corrected chi connectivity index (χ2v) is 6.70. The number of rotatable bonds is 5. The van der Waals surface area contributed by atoms with Crippen LogP contribution >= 0.6 is 23.2 Å². The number of benzene rings is 3. The summed E-state index contributed by atoms with van der Waals surface area (Å²) in [5.74, 6) is -0.839. The Morgan fingerprint density at radius 3 is 2.48 bits per heavy atom. The van der Waals surface area contributed by atoms with Crippen LogP contribution in [0.1, 0.15) is 15.9 Å². The number of aromatic hydroxyl groups is 1. The maximum atomic E-state index is 12.3. The van der Waals surface area contributed by atoms with Gasteiger partial charge in [-0.3, -0.25) is 19.9 Å². The number of phenolic OH excluding ortho intramolecular Hbond substituents is 1. The van der Waals surface area contributed by atoms with Crippen molar-refractivity contribution < 1.29 is 14.8 Å². The van der Waals surface area contributed by atoms with Gasteiger partial charge < -0.3 is 10.4 Å². The Bertz CT molecular complexity index is 1120. The van der Waals surface area contributed by atoms with Crippen molar-refractivity contribution in [1.29, 1.82) is 0 Å². The Kier molecular flexibility index (Phi) is 6.11. The van der Waals surface area contributed by atoms with E-state index in [1.807, 2.05) is 0 Å². The number of amides is 1. The molecule has 146 valence electrons. The van der Waals surface area contributed by atoms with Gasteiger partial charge in [-0.1, -0.05) is 29.3 Å². The highest BCUT2D eigenvalue weighted by Gasteiger charge is 2.15. The Hall–Kier alpha value is -3.42. The fourth-order valence-corrected chi connectivity index (χ4v) is 2.94. The van der Waals surface area contributed by atoms with E-state index in [0.29, 0.717) is 22.0 Å². The van der Waals surface area contributed by atoms with Crippen LogP contribution < -0.4 is 5.32 Å². The van der Waals surface area contributed by atoms with Gasteiger partial charge in [-0.2, -0.15) is 0 Å². The predicted molar refractivity (Wildman–Crippen MR) is 113 cm³/mol. The second kappa shape index (κ2) is 8.72. The summed E-state index contributed by atoms with van der Waals surface area (Å²) >= 11 is 11.9. The highest BCUT2D eigenvalue weighted by Crippen LogP contribution is 2.28. The zero-order chi connectivity index (χ0) is 21.0. The highest BCUT2D eigenvalue weighted by molar-refractivity contribution is 6.37. The monoisotopic (exact) mass is 429 g/mol. The third-order valence-corrected chi connectivity index (χ3v) is 4.44. The normalized spacial score (nSPS) is 10.8. The summed E-state index contributed by atoms with van der Waals surface area (Å²) < 4.78 is 0. The molecule has 0 aliphatic carbocycles. The van der Waals surface area contributed by atoms with Gasteiger partial charge in [-0.15, -0.1) is 0 Å². The lowest BCUT2D eigenvalue weighted by Crippen LogP contribution is -2.12. The van der Waals surface area contributed by atoms with Crippen molar-refractivity contribution in [2.75, 3.05) is 5.32 Å². The molecule has 0 fully saturated rings. The molecule has 3 aromatic carbocycles. The van der Waals surface area contributed by atoms with E-state index in [-0.39, 0.29) is 16.5 Å². The maximum absolute atomic E-state index is 12.3. The molecule has 0 saturated heterocycles. The number of aliphatic imine (C=N–C) groups is 1. The van der Waals surface area contributed by atoms with Crippen molar-refractivity contribution >= 4 is 52.4 Å². The second-order valence-electron chi connectivity index (χ2n) is 5.86. The minimum atomic E-state index is -0.670. The number of anilines is 1. The molecule has 0 saturated carbocycles. The first-order valence-corrected chi connectivity index (χ1v) is 8.97. The summed E-state index contributed by atoms with van der Waals surface area (Å²) in [6.45, 7) is 0. The number of carbonyl (C=O) groups excluding carboxylic acids is 1. The van der Waals surface area contributed by atoms with Crippen molar-refractivity contribution in [3.05, 3.63) is 92.0 Å². The highest BCUT2D eigenvalue weighted by atomic mass is 35.5. The molecule has 29 heavy (non-hydrogen) atoms. The van der Waals surface area contributed by atoms with Gasteiger partial charge in [0.25, 0.3) is 5.91 Å². The Morgan fingerprint density at radius 1 is 1.10 bits per heavy atom. The lowest BCUT2D eigenvalue weighted by Gasteiger charge is -2.07. The van der Waals surface area contributed by atoms with Crippen LogP contribution in [0, 0.1) is 10.1 Å². The number of nitrogens with one attached hydrogen (secondary N) is 1. The molecule has 0 spiro atoms. The number of halogens is 2. The van der Waals surface area contributed by atoms with Crippen molar-refractivity contribution in [3.63, 3.8) is 0 Å². The number of carbonyl (C=O) groups is 1. The summed E-state index contributed by atoms with van der Waals surface area (Å²) in [6.07, 6.45) is 1.32. The zero-order valence-corrected chi connectivity index (χ0v) is 16.2. The van der Waals surface area contributed by atoms with Crippen molar-refractivity contribution in [1.82, 2.24) is 0 Å². The number of para-hydroxylation sites is 1. The van der Waals surface area contributed by atoms with Crippen LogP contribution in [0.4, 0.5) is 17.1 Å². The number of hydrogen-bond acceptors (Lipinski definition) is 5. The van der Waals surface area contributed by atoms with E-state index in [1.54, 1.807) is 30.3 Å². The van der Waals surface area contributed by atoms with Crippen LogP contribution in [0.25, 0.3) is 0 Å². The van der Waals surface area contributed by atoms with Crippen molar-refractivity contribution in [3.8, 4) is 5.75 Å². The van der Waals surface area contributed by atoms with E-state index in [9.17, 15) is 20.0 Å². The molecule has 0 heterocycles. The first-order chi connectivity index (χ1) is 13.8. The molecule has 0 radical (unpaired) electrons. The van der Waals surface area contributed by atoms with Crippen molar-refractivity contribution in [2.45, 2.75) is 0 Å². The van der Waals surface area contributed by atoms with Gasteiger partial charge in [0.05, 0.1) is 21.2 Å². The molecule has 7 nitrogen and oxygen atoms in total. The van der Waals surface area contributed by atoms with Crippen LogP contribution in [0.5, 0.6) is 5.75 Å². The van der Waals surface area contributed by atoms with Gasteiger partial charge in [0.1, 0.15) is 0 Å². The maximum Gasteiger partial charge on any atom is 0.311 e. The fourth-order valence-electron chi connectivity index (χ4n) is 2.45. The summed E-state index contributed by atoms with van der Waals surface area (Å²) in [4.78, 5) is 26.7. The van der Waals surface area contributed by atoms with E-state index in [0.717, 1.165) is 0 Å². The largest absolute Gasteiger partial charge is 0.502 e. The van der Waals surface area contributed by atoms with Crippen LogP contribution in [-0.4, -0.2) is 22.2 Å². The van der Waals surface area contributed by atoms with Crippen LogP contribution in [0.2, 0.25) is 10.0 Å². The van der Waals surface area contributed by atoms with Gasteiger partial charge >= 0.3 is 5.69 Å². The molecule has 1 amide bonds. The molecule has 0 aliphatic heterocycles. The molecule has 9 heteroatoms. The van der Waals surface area contributed by atoms with E-state index in [4.69, 9.17) is 23.2 Å². The number of phenols is 1. The average Bonchev–Trinajstić information content (AvgIpc) is 2.68. The van der Waals surface area contributed by atoms with E-state index in [1.165, 1.54) is 36.5 Å². The first-order valence-electron chi connectivity index (χ1n) is 8.22. The van der Waals surface area contributed by atoms with Crippen molar-refractivity contribution in [2.24, 2.45) is 4.99 Å². The Labute approximate surface area is 175 Å². The Balaban J connectivity index is 1.72. The van der Waals surface area contributed by atoms with Crippen LogP contribution in [0.15, 0.2) is 65.7 Å². The van der Waals surface area contributed by atoms with Gasteiger partial charge in [-0.25, -0.2) is 0 Å². The predicted octanol–water partition coefficient (Wildman–Crippen LogP) is 5.61. The number of nitrogens with zero attached hydrogens (tertiary/aromatic N) is 2. The molecule has 0 aliphatic rings. The van der Waals surface area contributed by atoms with E-state index < -0.39 is 16.4 Å². The number of nitro benzene ring substituents is 1. The van der Waals surface area contributed by atoms with Gasteiger partial charge in [0.15, 0.2) is 0 Å². The molecular formula is C20H13Cl2N3O4. The lowest BCUT2D eigenvalue weighted by molar-refractivity contribution is -0.385. The van der Waals surface area contributed by atoms with Gasteiger partial charge in [-0.05, 0) is 48.5 Å². The van der Waals surface area contributed by atoms with Crippen LogP contribution in [-0.2, 0) is 0 Å². The third kappa shape index (κ3) is 4.90. The standard InChI is InChI=1S/C20H13Cl2N3O4/c21-13-4-9-16(17(22)10-13)20(27)24-15-7-5-14(6-8-15)23-11-12-2-1-3-18(19(12)26)25(28)29/h1-11,26H,(H,24,27). The third-order valence-electron chi connectivity index (χ3n) is 3.90. The molecular weight excluding hydrogens is 417 g/mol. The summed E-state index contributed by atoms with van der Waals surface area (Å²) in [6, 6.07) is 15.3. The molecule has 0 aromatic heterocycles. The number of hydrogen-bond donors (Lipinski definition) is 2. The summed E-state index contributed by atoms with van der Waals surface area (Å²) in [7, 11) is 0. The summed E-state index contributed by atoms with van der Waals surface area (Å²) in [5.41, 5.74) is 1.16. The Morgan fingerprint density at radius 2 is 1.83 bits per heavy atom.